The fourth-order valence-corrected chi connectivity index (χ4v) is 4.19. The SMILES string of the molecule is CC(C)CNc1nc2ccccc2n2c(-c3ccc(C(=O)N4CCCC4)cc3)cnc12. The van der Waals surface area contributed by atoms with Crippen LogP contribution in [0.4, 0.5) is 5.82 Å². The van der Waals surface area contributed by atoms with Gasteiger partial charge in [-0.2, -0.15) is 0 Å². The van der Waals surface area contributed by atoms with Gasteiger partial charge in [0.25, 0.3) is 5.91 Å². The second-order valence-electron chi connectivity index (χ2n) is 8.60. The predicted molar refractivity (Wildman–Crippen MR) is 124 cm³/mol. The normalized spacial score (nSPS) is 14.1. The molecule has 2 aromatic carbocycles. The highest BCUT2D eigenvalue weighted by Gasteiger charge is 2.20. The zero-order valence-corrected chi connectivity index (χ0v) is 18.0. The molecule has 3 heterocycles. The number of carbonyl (C=O) groups is 1. The van der Waals surface area contributed by atoms with Gasteiger partial charge in [-0.05, 0) is 43.0 Å². The molecule has 0 aliphatic carbocycles. The van der Waals surface area contributed by atoms with Crippen LogP contribution in [0.15, 0.2) is 54.7 Å². The number of fused-ring (bicyclic) bond motifs is 3. The van der Waals surface area contributed by atoms with E-state index in [-0.39, 0.29) is 5.91 Å². The number of amides is 1. The number of nitrogens with one attached hydrogen (secondary N) is 1. The topological polar surface area (TPSA) is 62.5 Å². The molecular weight excluding hydrogens is 386 g/mol. The molecule has 4 aromatic rings. The Bertz CT molecular complexity index is 1240. The number of nitrogens with zero attached hydrogens (tertiary/aromatic N) is 4. The molecule has 0 bridgehead atoms. The molecule has 1 aliphatic rings. The first-order chi connectivity index (χ1) is 15.1. The number of hydrogen-bond acceptors (Lipinski definition) is 4. The first kappa shape index (κ1) is 19.5. The van der Waals surface area contributed by atoms with Gasteiger partial charge in [-0.25, -0.2) is 9.97 Å². The van der Waals surface area contributed by atoms with Crippen LogP contribution in [-0.4, -0.2) is 44.8 Å². The number of rotatable bonds is 5. The van der Waals surface area contributed by atoms with Crippen LogP contribution >= 0.6 is 0 Å². The molecule has 1 amide bonds. The summed E-state index contributed by atoms with van der Waals surface area (Å²) in [6.07, 6.45) is 4.08. The fourth-order valence-electron chi connectivity index (χ4n) is 4.19. The molecule has 31 heavy (non-hydrogen) atoms. The average molecular weight is 414 g/mol. The van der Waals surface area contributed by atoms with E-state index in [9.17, 15) is 4.79 Å². The van der Waals surface area contributed by atoms with Crippen LogP contribution in [0, 0.1) is 5.92 Å². The van der Waals surface area contributed by atoms with Crippen molar-refractivity contribution in [3.63, 3.8) is 0 Å². The van der Waals surface area contributed by atoms with Crippen LogP contribution in [0.1, 0.15) is 37.0 Å². The molecule has 1 N–H and O–H groups in total. The van der Waals surface area contributed by atoms with Crippen LogP contribution in [0.2, 0.25) is 0 Å². The zero-order valence-electron chi connectivity index (χ0n) is 18.0. The maximum atomic E-state index is 12.7. The highest BCUT2D eigenvalue weighted by atomic mass is 16.2. The van der Waals surface area contributed by atoms with Gasteiger partial charge in [-0.15, -0.1) is 0 Å². The fraction of sp³-hybridized carbons (Fsp3) is 0.320. The number of aromatic nitrogens is 3. The number of imidazole rings is 1. The monoisotopic (exact) mass is 413 g/mol. The van der Waals surface area contributed by atoms with Gasteiger partial charge in [0.1, 0.15) is 0 Å². The first-order valence-corrected chi connectivity index (χ1v) is 11.0. The highest BCUT2D eigenvalue weighted by Crippen LogP contribution is 2.29. The Morgan fingerprint density at radius 1 is 1.06 bits per heavy atom. The lowest BCUT2D eigenvalue weighted by Crippen LogP contribution is -2.27. The van der Waals surface area contributed by atoms with Crippen molar-refractivity contribution in [2.45, 2.75) is 26.7 Å². The number of anilines is 1. The minimum atomic E-state index is 0.122. The second kappa shape index (κ2) is 8.02. The molecule has 0 atom stereocenters. The summed E-state index contributed by atoms with van der Waals surface area (Å²) in [6.45, 7) is 6.90. The Hall–Kier alpha value is -3.41. The van der Waals surface area contributed by atoms with Gasteiger partial charge in [-0.3, -0.25) is 9.20 Å². The Kier molecular flexibility index (Phi) is 5.06. The summed E-state index contributed by atoms with van der Waals surface area (Å²) in [5.41, 5.74) is 5.49. The zero-order chi connectivity index (χ0) is 21.4. The molecule has 6 nitrogen and oxygen atoms in total. The maximum Gasteiger partial charge on any atom is 0.253 e. The van der Waals surface area contributed by atoms with E-state index in [0.29, 0.717) is 5.92 Å². The molecule has 1 aliphatic heterocycles. The Morgan fingerprint density at radius 2 is 1.81 bits per heavy atom. The van der Waals surface area contributed by atoms with Gasteiger partial charge in [0, 0.05) is 30.8 Å². The van der Waals surface area contributed by atoms with Gasteiger partial charge < -0.3 is 10.2 Å². The number of para-hydroxylation sites is 2. The van der Waals surface area contributed by atoms with E-state index in [4.69, 9.17) is 9.97 Å². The van der Waals surface area contributed by atoms with Gasteiger partial charge in [-0.1, -0.05) is 38.1 Å². The van der Waals surface area contributed by atoms with E-state index in [0.717, 1.165) is 71.8 Å². The van der Waals surface area contributed by atoms with Gasteiger partial charge in [0.2, 0.25) is 0 Å². The smallest absolute Gasteiger partial charge is 0.253 e. The molecule has 158 valence electrons. The largest absolute Gasteiger partial charge is 0.367 e. The molecule has 1 fully saturated rings. The lowest BCUT2D eigenvalue weighted by Gasteiger charge is -2.15. The Labute approximate surface area is 181 Å². The molecule has 0 saturated carbocycles. The molecule has 6 heteroatoms. The molecular formula is C25H27N5O. The molecule has 0 radical (unpaired) electrons. The Balaban J connectivity index is 1.58. The lowest BCUT2D eigenvalue weighted by molar-refractivity contribution is 0.0793. The van der Waals surface area contributed by atoms with Crippen LogP contribution in [-0.2, 0) is 0 Å². The summed E-state index contributed by atoms with van der Waals surface area (Å²) < 4.78 is 2.16. The van der Waals surface area contributed by atoms with E-state index in [1.807, 2.05) is 53.6 Å². The van der Waals surface area contributed by atoms with Crippen molar-refractivity contribution >= 4 is 28.4 Å². The lowest BCUT2D eigenvalue weighted by atomic mass is 10.1. The van der Waals surface area contributed by atoms with Crippen molar-refractivity contribution in [3.8, 4) is 11.3 Å². The summed E-state index contributed by atoms with van der Waals surface area (Å²) in [5, 5.41) is 3.45. The minimum Gasteiger partial charge on any atom is -0.367 e. The third-order valence-corrected chi connectivity index (χ3v) is 5.83. The van der Waals surface area contributed by atoms with Crippen molar-refractivity contribution < 1.29 is 4.79 Å². The standard InChI is InChI=1S/C25H27N5O/c1-17(2)15-26-23-24-27-16-22(30(24)21-8-4-3-7-20(21)28-23)18-9-11-19(12-10-18)25(31)29-13-5-6-14-29/h3-4,7-12,16-17H,5-6,13-15H2,1-2H3,(H,26,28). The van der Waals surface area contributed by atoms with Crippen molar-refractivity contribution in [1.29, 1.82) is 0 Å². The molecule has 0 spiro atoms. The minimum absolute atomic E-state index is 0.122. The molecule has 1 saturated heterocycles. The van der Waals surface area contributed by atoms with Gasteiger partial charge in [0.15, 0.2) is 11.5 Å². The highest BCUT2D eigenvalue weighted by molar-refractivity contribution is 5.95. The summed E-state index contributed by atoms with van der Waals surface area (Å²) in [6, 6.07) is 16.0. The van der Waals surface area contributed by atoms with Gasteiger partial charge >= 0.3 is 0 Å². The average Bonchev–Trinajstić information content (AvgIpc) is 3.48. The second-order valence-corrected chi connectivity index (χ2v) is 8.60. The van der Waals surface area contributed by atoms with E-state index in [1.165, 1.54) is 0 Å². The Morgan fingerprint density at radius 3 is 2.55 bits per heavy atom. The summed E-state index contributed by atoms with van der Waals surface area (Å²) in [5.74, 6) is 1.42. The van der Waals surface area contributed by atoms with Crippen LogP contribution in [0.25, 0.3) is 27.9 Å². The summed E-state index contributed by atoms with van der Waals surface area (Å²) in [7, 11) is 0. The van der Waals surface area contributed by atoms with E-state index in [2.05, 4.69) is 29.6 Å². The predicted octanol–water partition coefficient (Wildman–Crippen LogP) is 4.85. The summed E-state index contributed by atoms with van der Waals surface area (Å²) in [4.78, 5) is 24.2. The van der Waals surface area contributed by atoms with Crippen LogP contribution in [0.5, 0.6) is 0 Å². The molecule has 5 rings (SSSR count). The van der Waals surface area contributed by atoms with Gasteiger partial charge in [0.05, 0.1) is 22.9 Å². The van der Waals surface area contributed by atoms with Crippen molar-refractivity contribution in [1.82, 2.24) is 19.3 Å². The number of carbonyl (C=O) groups excluding carboxylic acids is 1. The first-order valence-electron chi connectivity index (χ1n) is 11.0. The van der Waals surface area contributed by atoms with Crippen molar-refractivity contribution in [2.75, 3.05) is 25.0 Å². The van der Waals surface area contributed by atoms with Crippen LogP contribution < -0.4 is 5.32 Å². The molecule has 0 unspecified atom stereocenters. The van der Waals surface area contributed by atoms with E-state index < -0.39 is 0 Å². The number of benzene rings is 2. The molecule has 2 aromatic heterocycles. The third-order valence-electron chi connectivity index (χ3n) is 5.83. The summed E-state index contributed by atoms with van der Waals surface area (Å²) >= 11 is 0. The number of hydrogen-bond donors (Lipinski definition) is 1. The van der Waals surface area contributed by atoms with Crippen molar-refractivity contribution in [3.05, 3.63) is 60.3 Å². The quantitative estimate of drug-likeness (QED) is 0.508. The number of likely N-dealkylation sites (tertiary alicyclic amines) is 1. The van der Waals surface area contributed by atoms with Crippen molar-refractivity contribution in [2.24, 2.45) is 5.92 Å². The van der Waals surface area contributed by atoms with E-state index in [1.54, 1.807) is 0 Å². The van der Waals surface area contributed by atoms with E-state index >= 15 is 0 Å². The van der Waals surface area contributed by atoms with Crippen LogP contribution in [0.3, 0.4) is 0 Å². The maximum absolute atomic E-state index is 12.7. The third kappa shape index (κ3) is 3.63.